The number of aromatic nitrogens is 2. The van der Waals surface area contributed by atoms with E-state index in [-0.39, 0.29) is 5.92 Å². The van der Waals surface area contributed by atoms with E-state index in [1.807, 2.05) is 11.8 Å². The molecule has 1 aromatic rings. The van der Waals surface area contributed by atoms with Gasteiger partial charge in [-0.3, -0.25) is 4.79 Å². The van der Waals surface area contributed by atoms with Crippen LogP contribution in [-0.4, -0.2) is 34.4 Å². The number of aliphatic carboxylic acids is 1. The number of nitrogens with zero attached hydrogens (tertiary/aromatic N) is 3. The van der Waals surface area contributed by atoms with Crippen molar-refractivity contribution >= 4 is 22.4 Å². The average molecular weight is 215 g/mol. The molecule has 6 heteroatoms. The minimum absolute atomic E-state index is 0.390. The lowest BCUT2D eigenvalue weighted by Gasteiger charge is -2.20. The summed E-state index contributed by atoms with van der Waals surface area (Å²) in [6.07, 6.45) is 0. The first-order valence-electron chi connectivity index (χ1n) is 4.39. The van der Waals surface area contributed by atoms with Crippen molar-refractivity contribution in [3.63, 3.8) is 0 Å². The fourth-order valence-corrected chi connectivity index (χ4v) is 1.69. The van der Waals surface area contributed by atoms with Crippen molar-refractivity contribution in [1.29, 1.82) is 0 Å². The molecule has 0 saturated heterocycles. The zero-order valence-corrected chi connectivity index (χ0v) is 8.99. The molecule has 0 bridgehead atoms. The average Bonchev–Trinajstić information content (AvgIpc) is 2.66. The maximum absolute atomic E-state index is 10.7. The second-order valence-electron chi connectivity index (χ2n) is 3.00. The van der Waals surface area contributed by atoms with Gasteiger partial charge >= 0.3 is 5.97 Å². The van der Waals surface area contributed by atoms with Crippen molar-refractivity contribution in [2.24, 2.45) is 5.92 Å². The molecule has 0 spiro atoms. The first-order chi connectivity index (χ1) is 6.65. The first-order valence-corrected chi connectivity index (χ1v) is 5.27. The third-order valence-corrected chi connectivity index (χ3v) is 2.67. The molecule has 1 rings (SSSR count). The second kappa shape index (κ2) is 4.90. The van der Waals surface area contributed by atoms with Crippen LogP contribution in [0.15, 0.2) is 5.51 Å². The second-order valence-corrected chi connectivity index (χ2v) is 3.81. The highest BCUT2D eigenvalue weighted by Crippen LogP contribution is 2.16. The highest BCUT2D eigenvalue weighted by atomic mass is 32.1. The van der Waals surface area contributed by atoms with Crippen LogP contribution in [0.25, 0.3) is 0 Å². The molecule has 0 aliphatic heterocycles. The summed E-state index contributed by atoms with van der Waals surface area (Å²) >= 11 is 1.42. The molecule has 78 valence electrons. The fourth-order valence-electron chi connectivity index (χ4n) is 1.06. The van der Waals surface area contributed by atoms with Gasteiger partial charge in [0.15, 0.2) is 0 Å². The molecule has 0 aliphatic rings. The van der Waals surface area contributed by atoms with Gasteiger partial charge in [0, 0.05) is 13.1 Å². The smallest absolute Gasteiger partial charge is 0.308 e. The molecule has 1 heterocycles. The van der Waals surface area contributed by atoms with Crippen LogP contribution in [0.3, 0.4) is 0 Å². The van der Waals surface area contributed by atoms with Gasteiger partial charge in [-0.2, -0.15) is 0 Å². The summed E-state index contributed by atoms with van der Waals surface area (Å²) in [5, 5.41) is 17.2. The molecule has 0 fully saturated rings. The van der Waals surface area contributed by atoms with Crippen LogP contribution in [0.2, 0.25) is 0 Å². The molecule has 0 saturated carbocycles. The zero-order valence-electron chi connectivity index (χ0n) is 8.17. The summed E-state index contributed by atoms with van der Waals surface area (Å²) in [4.78, 5) is 12.6. The lowest BCUT2D eigenvalue weighted by atomic mass is 10.2. The standard InChI is InChI=1S/C8H13N3O2S/c1-3-11(4-6(2)7(12)13)8-10-9-5-14-8/h5-6H,3-4H2,1-2H3,(H,12,13). The van der Waals surface area contributed by atoms with Crippen LogP contribution < -0.4 is 4.90 Å². The largest absolute Gasteiger partial charge is 0.481 e. The van der Waals surface area contributed by atoms with Gasteiger partial charge in [-0.15, -0.1) is 10.2 Å². The highest BCUT2D eigenvalue weighted by Gasteiger charge is 2.16. The van der Waals surface area contributed by atoms with Crippen LogP contribution in [0.5, 0.6) is 0 Å². The summed E-state index contributed by atoms with van der Waals surface area (Å²) in [5.41, 5.74) is 1.64. The third-order valence-electron chi connectivity index (χ3n) is 1.92. The van der Waals surface area contributed by atoms with E-state index < -0.39 is 5.97 Å². The quantitative estimate of drug-likeness (QED) is 0.796. The van der Waals surface area contributed by atoms with Gasteiger partial charge in [-0.25, -0.2) is 0 Å². The summed E-state index contributed by atoms with van der Waals surface area (Å²) in [6, 6.07) is 0. The van der Waals surface area contributed by atoms with E-state index in [9.17, 15) is 4.79 Å². The molecule has 5 nitrogen and oxygen atoms in total. The van der Waals surface area contributed by atoms with Crippen molar-refractivity contribution < 1.29 is 9.90 Å². The lowest BCUT2D eigenvalue weighted by Crippen LogP contribution is -2.31. The van der Waals surface area contributed by atoms with Crippen LogP contribution in [0.1, 0.15) is 13.8 Å². The highest BCUT2D eigenvalue weighted by molar-refractivity contribution is 7.13. The van der Waals surface area contributed by atoms with Crippen LogP contribution in [0.4, 0.5) is 5.13 Å². The van der Waals surface area contributed by atoms with Gasteiger partial charge < -0.3 is 10.0 Å². The van der Waals surface area contributed by atoms with E-state index in [4.69, 9.17) is 5.11 Å². The number of carboxylic acid groups (broad SMARTS) is 1. The summed E-state index contributed by atoms with van der Waals surface area (Å²) in [6.45, 7) is 4.87. The fraction of sp³-hybridized carbons (Fsp3) is 0.625. The van der Waals surface area contributed by atoms with E-state index in [2.05, 4.69) is 10.2 Å². The monoisotopic (exact) mass is 215 g/mol. The van der Waals surface area contributed by atoms with Gasteiger partial charge in [0.05, 0.1) is 5.92 Å². The SMILES string of the molecule is CCN(CC(C)C(=O)O)c1nncs1. The van der Waals surface area contributed by atoms with Crippen LogP contribution in [-0.2, 0) is 4.79 Å². The summed E-state index contributed by atoms with van der Waals surface area (Å²) in [7, 11) is 0. The van der Waals surface area contributed by atoms with Gasteiger partial charge in [-0.05, 0) is 6.92 Å². The molecule has 0 aliphatic carbocycles. The third kappa shape index (κ3) is 2.66. The number of carbonyl (C=O) groups is 1. The maximum Gasteiger partial charge on any atom is 0.308 e. The van der Waals surface area contributed by atoms with Gasteiger partial charge in [0.1, 0.15) is 5.51 Å². The van der Waals surface area contributed by atoms with E-state index >= 15 is 0 Å². The van der Waals surface area contributed by atoms with E-state index in [0.29, 0.717) is 6.54 Å². The minimum Gasteiger partial charge on any atom is -0.481 e. The predicted octanol–water partition coefficient (Wildman–Crippen LogP) is 1.09. The van der Waals surface area contributed by atoms with Crippen molar-refractivity contribution in [2.45, 2.75) is 13.8 Å². The first kappa shape index (κ1) is 10.9. The van der Waals surface area contributed by atoms with E-state index in [0.717, 1.165) is 11.7 Å². The molecule has 1 unspecified atom stereocenters. The molecule has 0 radical (unpaired) electrons. The van der Waals surface area contributed by atoms with Crippen molar-refractivity contribution in [2.75, 3.05) is 18.0 Å². The number of rotatable bonds is 5. The van der Waals surface area contributed by atoms with Crippen molar-refractivity contribution in [1.82, 2.24) is 10.2 Å². The minimum atomic E-state index is -0.784. The van der Waals surface area contributed by atoms with Crippen LogP contribution in [0, 0.1) is 5.92 Å². The van der Waals surface area contributed by atoms with E-state index in [1.54, 1.807) is 12.4 Å². The predicted molar refractivity (Wildman–Crippen MR) is 54.6 cm³/mol. The summed E-state index contributed by atoms with van der Waals surface area (Å²) in [5.74, 6) is -1.17. The Hall–Kier alpha value is -1.17. The molecular weight excluding hydrogens is 202 g/mol. The number of anilines is 1. The molecule has 0 amide bonds. The van der Waals surface area contributed by atoms with Gasteiger partial charge in [-0.1, -0.05) is 18.3 Å². The summed E-state index contributed by atoms with van der Waals surface area (Å²) < 4.78 is 0. The molecule has 1 aromatic heterocycles. The molecule has 1 atom stereocenters. The molecular formula is C8H13N3O2S. The Morgan fingerprint density at radius 1 is 1.79 bits per heavy atom. The Morgan fingerprint density at radius 3 is 2.93 bits per heavy atom. The zero-order chi connectivity index (χ0) is 10.6. The maximum atomic E-state index is 10.7. The number of hydrogen-bond acceptors (Lipinski definition) is 5. The Kier molecular flexibility index (Phi) is 3.82. The van der Waals surface area contributed by atoms with Crippen molar-refractivity contribution in [3.8, 4) is 0 Å². The van der Waals surface area contributed by atoms with Gasteiger partial charge in [0.25, 0.3) is 0 Å². The van der Waals surface area contributed by atoms with Crippen molar-refractivity contribution in [3.05, 3.63) is 5.51 Å². The Labute approximate surface area is 86.4 Å². The molecule has 0 aromatic carbocycles. The number of hydrogen-bond donors (Lipinski definition) is 1. The Balaban J connectivity index is 2.60. The Morgan fingerprint density at radius 2 is 2.50 bits per heavy atom. The number of carboxylic acids is 1. The van der Waals surface area contributed by atoms with Crippen LogP contribution >= 0.6 is 11.3 Å². The van der Waals surface area contributed by atoms with E-state index in [1.165, 1.54) is 11.3 Å². The normalized spacial score (nSPS) is 12.4. The molecule has 14 heavy (non-hydrogen) atoms. The molecule has 1 N–H and O–H groups in total. The topological polar surface area (TPSA) is 66.3 Å². The lowest BCUT2D eigenvalue weighted by molar-refractivity contribution is -0.140. The Bertz CT molecular complexity index is 289. The van der Waals surface area contributed by atoms with Gasteiger partial charge in [0.2, 0.25) is 5.13 Å².